The Hall–Kier alpha value is -0.990. The zero-order valence-electron chi connectivity index (χ0n) is 11.6. The summed E-state index contributed by atoms with van der Waals surface area (Å²) in [5, 5.41) is 4.45. The molecule has 1 aromatic heterocycles. The van der Waals surface area contributed by atoms with Gasteiger partial charge in [-0.1, -0.05) is 11.6 Å². The molecule has 0 saturated carbocycles. The SMILES string of the molecule is CN(C)CCn1ncc(Cl)c1C(=O)c1ccc(F)cc1I. The number of aromatic nitrogens is 2. The van der Waals surface area contributed by atoms with E-state index in [0.717, 1.165) is 6.54 Å². The minimum atomic E-state index is -0.372. The topological polar surface area (TPSA) is 38.1 Å². The smallest absolute Gasteiger partial charge is 0.213 e. The maximum Gasteiger partial charge on any atom is 0.213 e. The molecule has 0 saturated heterocycles. The predicted molar refractivity (Wildman–Crippen MR) is 88.3 cm³/mol. The monoisotopic (exact) mass is 421 g/mol. The molecule has 1 heterocycles. The van der Waals surface area contributed by atoms with Crippen molar-refractivity contribution < 1.29 is 9.18 Å². The van der Waals surface area contributed by atoms with Gasteiger partial charge in [-0.2, -0.15) is 5.10 Å². The highest BCUT2D eigenvalue weighted by Crippen LogP contribution is 2.23. The molecule has 0 aliphatic carbocycles. The maximum atomic E-state index is 13.2. The molecule has 4 nitrogen and oxygen atoms in total. The third kappa shape index (κ3) is 3.81. The van der Waals surface area contributed by atoms with Gasteiger partial charge in [-0.15, -0.1) is 0 Å². The summed E-state index contributed by atoms with van der Waals surface area (Å²) in [5.41, 5.74) is 0.758. The predicted octanol–water partition coefficient (Wildman–Crippen LogP) is 3.07. The highest BCUT2D eigenvalue weighted by atomic mass is 127. The van der Waals surface area contributed by atoms with Gasteiger partial charge in [-0.25, -0.2) is 4.39 Å². The number of nitrogens with zero attached hydrogens (tertiary/aromatic N) is 3. The van der Waals surface area contributed by atoms with Gasteiger partial charge in [0.2, 0.25) is 5.78 Å². The van der Waals surface area contributed by atoms with Crippen LogP contribution in [0.5, 0.6) is 0 Å². The van der Waals surface area contributed by atoms with Crippen LogP contribution in [0.25, 0.3) is 0 Å². The second-order valence-corrected chi connectivity index (χ2v) is 6.39. The van der Waals surface area contributed by atoms with Crippen molar-refractivity contribution in [2.45, 2.75) is 6.54 Å². The van der Waals surface area contributed by atoms with Crippen LogP contribution >= 0.6 is 34.2 Å². The first-order valence-electron chi connectivity index (χ1n) is 6.26. The summed E-state index contributed by atoms with van der Waals surface area (Å²) in [6, 6.07) is 4.06. The molecule has 0 fully saturated rings. The van der Waals surface area contributed by atoms with Gasteiger partial charge in [-0.05, 0) is 54.9 Å². The highest BCUT2D eigenvalue weighted by molar-refractivity contribution is 14.1. The minimum absolute atomic E-state index is 0.249. The summed E-state index contributed by atoms with van der Waals surface area (Å²) in [4.78, 5) is 14.6. The molecular formula is C14H14ClFIN3O. The van der Waals surface area contributed by atoms with E-state index in [-0.39, 0.29) is 11.6 Å². The molecule has 21 heavy (non-hydrogen) atoms. The van der Waals surface area contributed by atoms with E-state index in [1.54, 1.807) is 4.68 Å². The van der Waals surface area contributed by atoms with Crippen LogP contribution < -0.4 is 0 Å². The Morgan fingerprint density at radius 3 is 2.81 bits per heavy atom. The van der Waals surface area contributed by atoms with Crippen LogP contribution in [0, 0.1) is 9.39 Å². The second kappa shape index (κ2) is 6.85. The van der Waals surface area contributed by atoms with E-state index >= 15 is 0 Å². The molecule has 0 spiro atoms. The molecule has 0 unspecified atom stereocenters. The molecule has 0 N–H and O–H groups in total. The lowest BCUT2D eigenvalue weighted by Crippen LogP contribution is -2.22. The number of ketones is 1. The number of halogens is 3. The van der Waals surface area contributed by atoms with Crippen molar-refractivity contribution in [1.29, 1.82) is 0 Å². The van der Waals surface area contributed by atoms with Crippen molar-refractivity contribution in [1.82, 2.24) is 14.7 Å². The summed E-state index contributed by atoms with van der Waals surface area (Å²) in [7, 11) is 3.88. The van der Waals surface area contributed by atoms with E-state index in [4.69, 9.17) is 11.6 Å². The Morgan fingerprint density at radius 1 is 1.48 bits per heavy atom. The third-order valence-electron chi connectivity index (χ3n) is 2.94. The fourth-order valence-electron chi connectivity index (χ4n) is 1.85. The average Bonchev–Trinajstić information content (AvgIpc) is 2.77. The lowest BCUT2D eigenvalue weighted by molar-refractivity contribution is 0.102. The number of carbonyl (C=O) groups excluding carboxylic acids is 1. The molecule has 0 amide bonds. The molecule has 0 aliphatic heterocycles. The number of carbonyl (C=O) groups is 1. The summed E-state index contributed by atoms with van der Waals surface area (Å²) in [6.07, 6.45) is 1.46. The Labute approximate surface area is 141 Å². The van der Waals surface area contributed by atoms with E-state index in [1.807, 2.05) is 41.6 Å². The van der Waals surface area contributed by atoms with Gasteiger partial charge in [-0.3, -0.25) is 9.48 Å². The van der Waals surface area contributed by atoms with Gasteiger partial charge >= 0.3 is 0 Å². The minimum Gasteiger partial charge on any atom is -0.308 e. The number of hydrogen-bond acceptors (Lipinski definition) is 3. The Bertz CT molecular complexity index is 672. The summed E-state index contributed by atoms with van der Waals surface area (Å²) in [6.45, 7) is 1.29. The molecule has 7 heteroatoms. The van der Waals surface area contributed by atoms with Crippen molar-refractivity contribution in [3.05, 3.63) is 50.1 Å². The van der Waals surface area contributed by atoms with Gasteiger partial charge in [0.15, 0.2) is 0 Å². The number of hydrogen-bond donors (Lipinski definition) is 0. The number of likely N-dealkylation sites (N-methyl/N-ethyl adjacent to an activating group) is 1. The van der Waals surface area contributed by atoms with Crippen molar-refractivity contribution >= 4 is 40.0 Å². The molecule has 112 valence electrons. The normalized spacial score (nSPS) is 11.1. The Morgan fingerprint density at radius 2 is 2.19 bits per heavy atom. The first kappa shape index (κ1) is 16.4. The van der Waals surface area contributed by atoms with E-state index in [9.17, 15) is 9.18 Å². The molecule has 1 aromatic carbocycles. The Kier molecular flexibility index (Phi) is 5.34. The van der Waals surface area contributed by atoms with Crippen molar-refractivity contribution in [2.75, 3.05) is 20.6 Å². The van der Waals surface area contributed by atoms with E-state index < -0.39 is 0 Å². The fourth-order valence-corrected chi connectivity index (χ4v) is 2.80. The Balaban J connectivity index is 2.36. The zero-order valence-corrected chi connectivity index (χ0v) is 14.5. The van der Waals surface area contributed by atoms with Gasteiger partial charge in [0.1, 0.15) is 11.5 Å². The van der Waals surface area contributed by atoms with Crippen LogP contribution in [0.2, 0.25) is 5.02 Å². The van der Waals surface area contributed by atoms with Crippen LogP contribution in [-0.2, 0) is 6.54 Å². The molecule has 2 rings (SSSR count). The third-order valence-corrected chi connectivity index (χ3v) is 4.11. The van der Waals surface area contributed by atoms with E-state index in [1.165, 1.54) is 24.4 Å². The lowest BCUT2D eigenvalue weighted by Gasteiger charge is -2.12. The van der Waals surface area contributed by atoms with E-state index in [0.29, 0.717) is 26.4 Å². The maximum absolute atomic E-state index is 13.2. The van der Waals surface area contributed by atoms with E-state index in [2.05, 4.69) is 5.10 Å². The molecule has 0 aliphatic rings. The summed E-state index contributed by atoms with van der Waals surface area (Å²) < 4.78 is 15.3. The van der Waals surface area contributed by atoms with Crippen molar-refractivity contribution in [3.63, 3.8) is 0 Å². The molecule has 0 bridgehead atoms. The van der Waals surface area contributed by atoms with Crippen LogP contribution in [0.1, 0.15) is 16.1 Å². The van der Waals surface area contributed by atoms with Crippen molar-refractivity contribution in [3.8, 4) is 0 Å². The second-order valence-electron chi connectivity index (χ2n) is 4.82. The fraction of sp³-hybridized carbons (Fsp3) is 0.286. The molecular weight excluding hydrogens is 408 g/mol. The quantitative estimate of drug-likeness (QED) is 0.550. The standard InChI is InChI=1S/C14H14ClFIN3O/c1-19(2)5-6-20-13(11(15)8-18-20)14(21)10-4-3-9(16)7-12(10)17/h3-4,7-8H,5-6H2,1-2H3. The lowest BCUT2D eigenvalue weighted by atomic mass is 10.1. The average molecular weight is 422 g/mol. The summed E-state index contributed by atoms with van der Waals surface area (Å²) >= 11 is 8.03. The molecule has 0 radical (unpaired) electrons. The van der Waals surface area contributed by atoms with Gasteiger partial charge in [0.25, 0.3) is 0 Å². The van der Waals surface area contributed by atoms with Crippen LogP contribution in [0.3, 0.4) is 0 Å². The molecule has 2 aromatic rings. The van der Waals surface area contributed by atoms with Gasteiger partial charge in [0.05, 0.1) is 17.8 Å². The van der Waals surface area contributed by atoms with Crippen LogP contribution in [0.4, 0.5) is 4.39 Å². The molecule has 0 atom stereocenters. The van der Waals surface area contributed by atoms with Crippen molar-refractivity contribution in [2.24, 2.45) is 0 Å². The van der Waals surface area contributed by atoms with Gasteiger partial charge < -0.3 is 4.90 Å². The van der Waals surface area contributed by atoms with Crippen LogP contribution in [0.15, 0.2) is 24.4 Å². The highest BCUT2D eigenvalue weighted by Gasteiger charge is 2.21. The number of benzene rings is 1. The van der Waals surface area contributed by atoms with Crippen LogP contribution in [-0.4, -0.2) is 41.1 Å². The summed E-state index contributed by atoms with van der Waals surface area (Å²) in [5.74, 6) is -0.621. The first-order valence-corrected chi connectivity index (χ1v) is 7.71. The van der Waals surface area contributed by atoms with Gasteiger partial charge in [0, 0.05) is 15.7 Å². The largest absolute Gasteiger partial charge is 0.308 e. The number of rotatable bonds is 5. The zero-order chi connectivity index (χ0) is 15.6. The first-order chi connectivity index (χ1) is 9.90.